The van der Waals surface area contributed by atoms with Gasteiger partial charge in [0.1, 0.15) is 19.0 Å². The summed E-state index contributed by atoms with van der Waals surface area (Å²) in [6, 6.07) is 10.6. The summed E-state index contributed by atoms with van der Waals surface area (Å²) < 4.78 is 11.2. The van der Waals surface area contributed by atoms with Crippen LogP contribution in [0.15, 0.2) is 72.1 Å². The van der Waals surface area contributed by atoms with E-state index in [9.17, 15) is 9.59 Å². The van der Waals surface area contributed by atoms with Crippen LogP contribution in [0.2, 0.25) is 0 Å². The van der Waals surface area contributed by atoms with Crippen LogP contribution in [0.1, 0.15) is 54.3 Å². The van der Waals surface area contributed by atoms with E-state index in [1.807, 2.05) is 29.2 Å². The van der Waals surface area contributed by atoms with Crippen LogP contribution in [-0.2, 0) is 4.74 Å². The molecule has 0 radical (unpaired) electrons. The van der Waals surface area contributed by atoms with Gasteiger partial charge in [-0.2, -0.15) is 0 Å². The van der Waals surface area contributed by atoms with Crippen molar-refractivity contribution >= 4 is 11.9 Å². The first-order chi connectivity index (χ1) is 17.4. The first-order valence-corrected chi connectivity index (χ1v) is 12.5. The second-order valence-corrected chi connectivity index (χ2v) is 9.21. The topological polar surface area (TPSA) is 72.0 Å². The second-order valence-electron chi connectivity index (χ2n) is 9.21. The van der Waals surface area contributed by atoms with Crippen molar-refractivity contribution in [3.05, 3.63) is 83.2 Å². The summed E-state index contributed by atoms with van der Waals surface area (Å²) in [4.78, 5) is 32.9. The highest BCUT2D eigenvalue weighted by atomic mass is 16.5. The number of rotatable bonds is 11. The van der Waals surface area contributed by atoms with Crippen molar-refractivity contribution in [2.75, 3.05) is 45.9 Å². The monoisotopic (exact) mass is 491 g/mol. The number of amides is 1. The molecule has 1 aliphatic rings. The molecule has 1 fully saturated rings. The molecule has 2 heterocycles. The molecule has 1 aromatic heterocycles. The molecule has 1 aromatic carbocycles. The molecule has 1 saturated heterocycles. The highest BCUT2D eigenvalue weighted by molar-refractivity contribution is 5.94. The summed E-state index contributed by atoms with van der Waals surface area (Å²) in [7, 11) is 0. The zero-order chi connectivity index (χ0) is 25.8. The standard InChI is InChI=1S/C29H37N3O4/c1-23(2)5-4-6-24(3)13-21-35-27-9-7-25(8-10-27)28(33)32-18-16-31(17-19-32)20-22-36-29(34)26-11-14-30-15-12-26/h5,7-15H,4,6,16-22H2,1-3H3. The van der Waals surface area contributed by atoms with Gasteiger partial charge >= 0.3 is 5.97 Å². The normalized spacial score (nSPS) is 14.3. The predicted octanol–water partition coefficient (Wildman–Crippen LogP) is 4.77. The van der Waals surface area contributed by atoms with Crippen LogP contribution in [0.3, 0.4) is 0 Å². The largest absolute Gasteiger partial charge is 0.490 e. The number of hydrogen-bond acceptors (Lipinski definition) is 6. The van der Waals surface area contributed by atoms with Gasteiger partial charge in [-0.15, -0.1) is 0 Å². The number of pyridine rings is 1. The van der Waals surface area contributed by atoms with Crippen LogP contribution in [0, 0.1) is 0 Å². The quantitative estimate of drug-likeness (QED) is 0.333. The molecule has 0 spiro atoms. The molecule has 0 unspecified atom stereocenters. The molecule has 192 valence electrons. The third-order valence-corrected chi connectivity index (χ3v) is 6.09. The van der Waals surface area contributed by atoms with Gasteiger partial charge in [0, 0.05) is 50.7 Å². The average Bonchev–Trinajstić information content (AvgIpc) is 2.89. The Morgan fingerprint density at radius 2 is 1.61 bits per heavy atom. The third kappa shape index (κ3) is 8.96. The van der Waals surface area contributed by atoms with Crippen molar-refractivity contribution in [1.29, 1.82) is 0 Å². The number of allylic oxidation sites excluding steroid dienone is 3. The lowest BCUT2D eigenvalue weighted by Gasteiger charge is -2.34. The van der Waals surface area contributed by atoms with E-state index in [2.05, 4.69) is 42.8 Å². The molecule has 0 atom stereocenters. The van der Waals surface area contributed by atoms with Gasteiger partial charge in [-0.25, -0.2) is 4.79 Å². The number of esters is 1. The number of carbonyl (C=O) groups is 2. The summed E-state index contributed by atoms with van der Waals surface area (Å²) in [6.07, 6.45) is 9.58. The number of nitrogens with zero attached hydrogens (tertiary/aromatic N) is 3. The van der Waals surface area contributed by atoms with Gasteiger partial charge in [0.15, 0.2) is 0 Å². The molecule has 7 nitrogen and oxygen atoms in total. The summed E-state index contributed by atoms with van der Waals surface area (Å²) in [5.41, 5.74) is 3.81. The Kier molecular flexibility index (Phi) is 10.7. The molecule has 0 bridgehead atoms. The van der Waals surface area contributed by atoms with Crippen LogP contribution in [0.4, 0.5) is 0 Å². The lowest BCUT2D eigenvalue weighted by atomic mass is 10.1. The molecule has 7 heteroatoms. The molecule has 0 N–H and O–H groups in total. The molecule has 1 amide bonds. The minimum atomic E-state index is -0.343. The number of piperazine rings is 1. The fourth-order valence-electron chi connectivity index (χ4n) is 3.86. The molecule has 3 rings (SSSR count). The zero-order valence-electron chi connectivity index (χ0n) is 21.6. The van der Waals surface area contributed by atoms with Gasteiger partial charge in [0.2, 0.25) is 0 Å². The molecule has 36 heavy (non-hydrogen) atoms. The van der Waals surface area contributed by atoms with E-state index >= 15 is 0 Å². The van der Waals surface area contributed by atoms with Crippen molar-refractivity contribution in [1.82, 2.24) is 14.8 Å². The highest BCUT2D eigenvalue weighted by Crippen LogP contribution is 2.16. The Labute approximate surface area is 214 Å². The molecular formula is C29H37N3O4. The maximum atomic E-state index is 12.9. The fraction of sp³-hybridized carbons (Fsp3) is 0.414. The summed E-state index contributed by atoms with van der Waals surface area (Å²) in [6.45, 7) is 10.6. The highest BCUT2D eigenvalue weighted by Gasteiger charge is 2.22. The van der Waals surface area contributed by atoms with Crippen molar-refractivity contribution in [2.24, 2.45) is 0 Å². The average molecular weight is 492 g/mol. The Balaban J connectivity index is 1.36. The Morgan fingerprint density at radius 3 is 2.28 bits per heavy atom. The minimum Gasteiger partial charge on any atom is -0.490 e. The zero-order valence-corrected chi connectivity index (χ0v) is 21.6. The van der Waals surface area contributed by atoms with Gasteiger partial charge in [-0.1, -0.05) is 17.2 Å². The van der Waals surface area contributed by atoms with Crippen LogP contribution in [0.5, 0.6) is 5.75 Å². The van der Waals surface area contributed by atoms with Gasteiger partial charge in [0.05, 0.1) is 5.56 Å². The van der Waals surface area contributed by atoms with Gasteiger partial charge in [-0.3, -0.25) is 14.7 Å². The van der Waals surface area contributed by atoms with Gasteiger partial charge < -0.3 is 14.4 Å². The second kappa shape index (κ2) is 14.2. The maximum Gasteiger partial charge on any atom is 0.338 e. The molecule has 1 aliphatic heterocycles. The third-order valence-electron chi connectivity index (χ3n) is 6.09. The molecule has 0 saturated carbocycles. The van der Waals surface area contributed by atoms with Crippen LogP contribution in [0.25, 0.3) is 0 Å². The Hall–Kier alpha value is -3.45. The van der Waals surface area contributed by atoms with E-state index in [1.54, 1.807) is 24.5 Å². The minimum absolute atomic E-state index is 0.0281. The van der Waals surface area contributed by atoms with E-state index in [0.717, 1.165) is 31.7 Å². The molecular weight excluding hydrogens is 454 g/mol. The number of carbonyl (C=O) groups excluding carboxylic acids is 2. The van der Waals surface area contributed by atoms with E-state index < -0.39 is 0 Å². The van der Waals surface area contributed by atoms with Crippen molar-refractivity contribution in [3.8, 4) is 5.75 Å². The van der Waals surface area contributed by atoms with Crippen molar-refractivity contribution in [2.45, 2.75) is 33.6 Å². The van der Waals surface area contributed by atoms with Crippen LogP contribution >= 0.6 is 0 Å². The number of aromatic nitrogens is 1. The Morgan fingerprint density at radius 1 is 0.917 bits per heavy atom. The first kappa shape index (κ1) is 27.1. The maximum absolute atomic E-state index is 12.9. The summed E-state index contributed by atoms with van der Waals surface area (Å²) >= 11 is 0. The fourth-order valence-corrected chi connectivity index (χ4v) is 3.86. The molecule has 2 aromatic rings. The lowest BCUT2D eigenvalue weighted by Crippen LogP contribution is -2.49. The van der Waals surface area contributed by atoms with Crippen LogP contribution < -0.4 is 4.74 Å². The van der Waals surface area contributed by atoms with Gasteiger partial charge in [-0.05, 0) is 76.1 Å². The summed E-state index contributed by atoms with van der Waals surface area (Å²) in [5.74, 6) is 0.440. The smallest absolute Gasteiger partial charge is 0.338 e. The number of benzene rings is 1. The van der Waals surface area contributed by atoms with E-state index in [1.165, 1.54) is 11.1 Å². The SMILES string of the molecule is CC(C)=CCCC(C)=CCOc1ccc(C(=O)N2CCN(CCOC(=O)c3ccncc3)CC2)cc1. The lowest BCUT2D eigenvalue weighted by molar-refractivity contribution is 0.0412. The Bertz CT molecular complexity index is 1040. The van der Waals surface area contributed by atoms with Gasteiger partial charge in [0.25, 0.3) is 5.91 Å². The van der Waals surface area contributed by atoms with E-state index in [-0.39, 0.29) is 11.9 Å². The van der Waals surface area contributed by atoms with E-state index in [4.69, 9.17) is 9.47 Å². The van der Waals surface area contributed by atoms with Crippen molar-refractivity contribution < 1.29 is 19.1 Å². The van der Waals surface area contributed by atoms with E-state index in [0.29, 0.717) is 44.0 Å². The predicted molar refractivity (Wildman–Crippen MR) is 141 cm³/mol. The number of hydrogen-bond donors (Lipinski definition) is 0. The molecule has 0 aliphatic carbocycles. The summed E-state index contributed by atoms with van der Waals surface area (Å²) in [5, 5.41) is 0. The number of ether oxygens (including phenoxy) is 2. The van der Waals surface area contributed by atoms with Crippen molar-refractivity contribution in [3.63, 3.8) is 0 Å². The van der Waals surface area contributed by atoms with Crippen LogP contribution in [-0.4, -0.2) is 72.6 Å². The first-order valence-electron chi connectivity index (χ1n) is 12.5.